The number of unbranched alkanes of at least 4 members (excludes halogenated alkanes) is 1. The van der Waals surface area contributed by atoms with Crippen molar-refractivity contribution >= 4 is 23.4 Å². The van der Waals surface area contributed by atoms with Gasteiger partial charge in [-0.15, -0.1) is 11.8 Å². The van der Waals surface area contributed by atoms with E-state index in [-0.39, 0.29) is 11.6 Å². The van der Waals surface area contributed by atoms with E-state index in [9.17, 15) is 14.9 Å². The zero-order valence-corrected chi connectivity index (χ0v) is 11.7. The van der Waals surface area contributed by atoms with Crippen LogP contribution >= 0.6 is 11.8 Å². The predicted octanol–water partition coefficient (Wildman–Crippen LogP) is 2.74. The van der Waals surface area contributed by atoms with E-state index in [1.54, 1.807) is 12.1 Å². The zero-order chi connectivity index (χ0) is 14.1. The summed E-state index contributed by atoms with van der Waals surface area (Å²) in [6.07, 6.45) is 2.06. The molecule has 1 aromatic rings. The number of hydrogen-bond donors (Lipinski definition) is 1. The van der Waals surface area contributed by atoms with Crippen LogP contribution in [0.1, 0.15) is 25.3 Å². The minimum atomic E-state index is -0.419. The van der Waals surface area contributed by atoms with Gasteiger partial charge in [0.25, 0.3) is 5.69 Å². The number of thioether (sulfide) groups is 1. The van der Waals surface area contributed by atoms with E-state index in [0.29, 0.717) is 11.5 Å². The van der Waals surface area contributed by atoms with Crippen molar-refractivity contribution in [2.75, 3.05) is 12.3 Å². The number of carbonyl (C=O) groups excluding carboxylic acids is 1. The Morgan fingerprint density at radius 3 is 2.63 bits per heavy atom. The number of hydrogen-bond acceptors (Lipinski definition) is 4. The molecule has 0 aliphatic rings. The number of nitro groups is 1. The molecule has 0 unspecified atom stereocenters. The van der Waals surface area contributed by atoms with Crippen molar-refractivity contribution in [1.82, 2.24) is 5.32 Å². The first-order valence-corrected chi connectivity index (χ1v) is 7.36. The van der Waals surface area contributed by atoms with Crippen LogP contribution in [0.4, 0.5) is 5.69 Å². The molecule has 1 rings (SSSR count). The lowest BCUT2D eigenvalue weighted by molar-refractivity contribution is -0.384. The second-order valence-electron chi connectivity index (χ2n) is 4.12. The molecule has 1 N–H and O–H groups in total. The maximum absolute atomic E-state index is 11.4. The third-order valence-corrected chi connectivity index (χ3v) is 3.51. The number of benzene rings is 1. The molecular formula is C13H18N2O3S. The maximum Gasteiger partial charge on any atom is 0.269 e. The Morgan fingerprint density at radius 2 is 2.05 bits per heavy atom. The van der Waals surface area contributed by atoms with Gasteiger partial charge in [-0.2, -0.15) is 0 Å². The summed E-state index contributed by atoms with van der Waals surface area (Å²) < 4.78 is 0. The summed E-state index contributed by atoms with van der Waals surface area (Å²) in [6, 6.07) is 6.41. The van der Waals surface area contributed by atoms with Gasteiger partial charge in [0.2, 0.25) is 5.91 Å². The van der Waals surface area contributed by atoms with Gasteiger partial charge >= 0.3 is 0 Å². The smallest absolute Gasteiger partial charge is 0.269 e. The molecule has 1 aromatic carbocycles. The van der Waals surface area contributed by atoms with Crippen LogP contribution in [0.25, 0.3) is 0 Å². The van der Waals surface area contributed by atoms with Gasteiger partial charge in [0.05, 0.1) is 10.7 Å². The van der Waals surface area contributed by atoms with Crippen LogP contribution < -0.4 is 5.32 Å². The lowest BCUT2D eigenvalue weighted by Crippen LogP contribution is -2.26. The fraction of sp³-hybridized carbons (Fsp3) is 0.462. The molecule has 0 fully saturated rings. The number of nitro benzene ring substituents is 1. The lowest BCUT2D eigenvalue weighted by Gasteiger charge is -2.04. The van der Waals surface area contributed by atoms with Gasteiger partial charge in [-0.05, 0) is 12.0 Å². The van der Waals surface area contributed by atoms with E-state index in [4.69, 9.17) is 0 Å². The summed E-state index contributed by atoms with van der Waals surface area (Å²) in [4.78, 5) is 21.5. The molecule has 0 bridgehead atoms. The van der Waals surface area contributed by atoms with Gasteiger partial charge in [0, 0.05) is 24.4 Å². The maximum atomic E-state index is 11.4. The molecule has 19 heavy (non-hydrogen) atoms. The molecule has 0 aliphatic carbocycles. The third kappa shape index (κ3) is 6.24. The van der Waals surface area contributed by atoms with Crippen molar-refractivity contribution in [3.05, 3.63) is 39.9 Å². The fourth-order valence-corrected chi connectivity index (χ4v) is 2.25. The largest absolute Gasteiger partial charge is 0.355 e. The molecule has 0 aromatic heterocycles. The van der Waals surface area contributed by atoms with Crippen LogP contribution in [0.15, 0.2) is 24.3 Å². The number of carbonyl (C=O) groups is 1. The van der Waals surface area contributed by atoms with Crippen molar-refractivity contribution in [1.29, 1.82) is 0 Å². The molecule has 6 heteroatoms. The first-order chi connectivity index (χ1) is 9.13. The molecule has 104 valence electrons. The summed E-state index contributed by atoms with van der Waals surface area (Å²) in [7, 11) is 0. The fourth-order valence-electron chi connectivity index (χ4n) is 1.43. The van der Waals surface area contributed by atoms with Gasteiger partial charge in [0.1, 0.15) is 0 Å². The minimum Gasteiger partial charge on any atom is -0.355 e. The molecule has 1 amide bonds. The summed E-state index contributed by atoms with van der Waals surface area (Å²) >= 11 is 1.50. The Kier molecular flexibility index (Phi) is 6.95. The summed E-state index contributed by atoms with van der Waals surface area (Å²) in [5.74, 6) is 1.14. The van der Waals surface area contributed by atoms with Crippen LogP contribution in [0, 0.1) is 10.1 Å². The Hall–Kier alpha value is -1.56. The van der Waals surface area contributed by atoms with Gasteiger partial charge in [-0.3, -0.25) is 14.9 Å². The Bertz CT molecular complexity index is 420. The van der Waals surface area contributed by atoms with Gasteiger partial charge in [0.15, 0.2) is 0 Å². The third-order valence-electron chi connectivity index (χ3n) is 2.50. The zero-order valence-electron chi connectivity index (χ0n) is 10.9. The van der Waals surface area contributed by atoms with E-state index >= 15 is 0 Å². The van der Waals surface area contributed by atoms with Crippen molar-refractivity contribution in [3.63, 3.8) is 0 Å². The van der Waals surface area contributed by atoms with E-state index in [1.807, 2.05) is 0 Å². The number of nitrogens with one attached hydrogen (secondary N) is 1. The van der Waals surface area contributed by atoms with Crippen LogP contribution in [0.5, 0.6) is 0 Å². The van der Waals surface area contributed by atoms with Crippen LogP contribution in [0.2, 0.25) is 0 Å². The highest BCUT2D eigenvalue weighted by Crippen LogP contribution is 2.16. The second kappa shape index (κ2) is 8.53. The highest BCUT2D eigenvalue weighted by atomic mass is 32.2. The Labute approximate surface area is 116 Å². The highest BCUT2D eigenvalue weighted by Gasteiger charge is 2.05. The summed E-state index contributed by atoms with van der Waals surface area (Å²) in [6.45, 7) is 2.81. The van der Waals surface area contributed by atoms with Crippen molar-refractivity contribution < 1.29 is 9.72 Å². The lowest BCUT2D eigenvalue weighted by atomic mass is 10.2. The number of rotatable bonds is 8. The van der Waals surface area contributed by atoms with Gasteiger partial charge < -0.3 is 5.32 Å². The number of amides is 1. The molecule has 5 nitrogen and oxygen atoms in total. The quantitative estimate of drug-likeness (QED) is 0.452. The van der Waals surface area contributed by atoms with E-state index in [0.717, 1.165) is 24.9 Å². The molecule has 0 atom stereocenters. The Morgan fingerprint density at radius 1 is 1.37 bits per heavy atom. The van der Waals surface area contributed by atoms with Crippen LogP contribution in [0.3, 0.4) is 0 Å². The molecule has 0 aliphatic heterocycles. The monoisotopic (exact) mass is 282 g/mol. The average molecular weight is 282 g/mol. The number of nitrogens with zero attached hydrogens (tertiary/aromatic N) is 1. The highest BCUT2D eigenvalue weighted by molar-refractivity contribution is 7.99. The first kappa shape index (κ1) is 15.5. The molecule has 0 heterocycles. The first-order valence-electron chi connectivity index (χ1n) is 6.21. The summed E-state index contributed by atoms with van der Waals surface area (Å²) in [5.41, 5.74) is 1.07. The minimum absolute atomic E-state index is 0.0420. The van der Waals surface area contributed by atoms with Gasteiger partial charge in [-0.25, -0.2) is 0 Å². The molecule has 0 saturated carbocycles. The number of non-ortho nitro benzene ring substituents is 1. The van der Waals surface area contributed by atoms with Crippen molar-refractivity contribution in [2.24, 2.45) is 0 Å². The predicted molar refractivity (Wildman–Crippen MR) is 77.2 cm³/mol. The van der Waals surface area contributed by atoms with Crippen LogP contribution in [-0.4, -0.2) is 23.1 Å². The molecular weight excluding hydrogens is 264 g/mol. The normalized spacial score (nSPS) is 10.2. The van der Waals surface area contributed by atoms with Crippen molar-refractivity contribution in [2.45, 2.75) is 25.5 Å². The molecule has 0 spiro atoms. The summed E-state index contributed by atoms with van der Waals surface area (Å²) in [5, 5.41) is 13.3. The van der Waals surface area contributed by atoms with Crippen molar-refractivity contribution in [3.8, 4) is 0 Å². The standard InChI is InChI=1S/C13H18N2O3S/c1-2-3-8-14-13(16)10-19-9-11-4-6-12(7-5-11)15(17)18/h4-7H,2-3,8-10H2,1H3,(H,14,16). The SMILES string of the molecule is CCCCNC(=O)CSCc1ccc([N+](=O)[O-])cc1. The molecule has 0 radical (unpaired) electrons. The Balaban J connectivity index is 2.25. The van der Waals surface area contributed by atoms with E-state index in [2.05, 4.69) is 12.2 Å². The topological polar surface area (TPSA) is 72.2 Å². The van der Waals surface area contributed by atoms with Crippen LogP contribution in [-0.2, 0) is 10.5 Å². The van der Waals surface area contributed by atoms with E-state index < -0.39 is 4.92 Å². The van der Waals surface area contributed by atoms with E-state index in [1.165, 1.54) is 23.9 Å². The average Bonchev–Trinajstić information content (AvgIpc) is 2.39. The molecule has 0 saturated heterocycles. The van der Waals surface area contributed by atoms with Gasteiger partial charge in [-0.1, -0.05) is 25.5 Å². The second-order valence-corrected chi connectivity index (χ2v) is 5.11.